The first kappa shape index (κ1) is 22.5. The zero-order valence-electron chi connectivity index (χ0n) is 17.4. The minimum Gasteiger partial charge on any atom is -0.481 e. The molecule has 1 amide bonds. The highest BCUT2D eigenvalue weighted by Crippen LogP contribution is 2.47. The van der Waals surface area contributed by atoms with Crippen molar-refractivity contribution in [2.45, 2.75) is 18.8 Å². The van der Waals surface area contributed by atoms with Crippen LogP contribution in [0.25, 0.3) is 22.2 Å². The smallest absolute Gasteiger partial charge is 0.481 e. The Hall–Kier alpha value is -4.29. The summed E-state index contributed by atoms with van der Waals surface area (Å²) in [7, 11) is 0. The molecule has 2 aromatic heterocycles. The molecule has 2 unspecified atom stereocenters. The van der Waals surface area contributed by atoms with E-state index < -0.39 is 53.8 Å². The van der Waals surface area contributed by atoms with Crippen molar-refractivity contribution in [3.8, 4) is 11.1 Å². The van der Waals surface area contributed by atoms with Gasteiger partial charge in [-0.1, -0.05) is 0 Å². The third-order valence-corrected chi connectivity index (χ3v) is 5.84. The third-order valence-electron chi connectivity index (χ3n) is 5.84. The number of amides is 1. The minimum atomic E-state index is -4.80. The van der Waals surface area contributed by atoms with E-state index in [2.05, 4.69) is 15.1 Å². The number of anilines is 1. The molecule has 0 spiro atoms. The van der Waals surface area contributed by atoms with Gasteiger partial charge in [-0.15, -0.1) is 13.2 Å². The van der Waals surface area contributed by atoms with E-state index in [9.17, 15) is 27.9 Å². The molecule has 1 aliphatic rings. The summed E-state index contributed by atoms with van der Waals surface area (Å²) in [5, 5.41) is 12.4. The van der Waals surface area contributed by atoms with E-state index in [0.717, 1.165) is 23.2 Å². The van der Waals surface area contributed by atoms with Gasteiger partial charge < -0.3 is 15.0 Å². The number of rotatable bonds is 5. The molecule has 0 saturated carbocycles. The van der Waals surface area contributed by atoms with Gasteiger partial charge in [0.15, 0.2) is 0 Å². The third kappa shape index (κ3) is 3.78. The number of carbonyl (C=O) groups is 2. The highest BCUT2D eigenvalue weighted by Gasteiger charge is 2.51. The molecule has 1 fully saturated rings. The standard InChI is InChI=1S/C22H14F5N5O3/c23-14-3-10(11-7-30-31(8-11)22(25,26)27)4-15(24)19(14)20-13(6-18(33)34)21(35)32(20)12-1-2-16-17(5-12)29-9-28-16/h1-5,7-9,13,20H,6H2,(H,28,29)(H,33,34). The van der Waals surface area contributed by atoms with Crippen LogP contribution in [0.2, 0.25) is 0 Å². The fourth-order valence-corrected chi connectivity index (χ4v) is 4.27. The lowest BCUT2D eigenvalue weighted by Gasteiger charge is -2.47. The number of alkyl halides is 3. The summed E-state index contributed by atoms with van der Waals surface area (Å²) in [4.78, 5) is 32.2. The van der Waals surface area contributed by atoms with Crippen molar-refractivity contribution in [3.05, 3.63) is 66.3 Å². The second-order valence-corrected chi connectivity index (χ2v) is 7.96. The topological polar surface area (TPSA) is 104 Å². The summed E-state index contributed by atoms with van der Waals surface area (Å²) in [5.74, 6) is -5.49. The van der Waals surface area contributed by atoms with Gasteiger partial charge in [-0.05, 0) is 35.9 Å². The van der Waals surface area contributed by atoms with Crippen LogP contribution in [-0.4, -0.2) is 36.7 Å². The Morgan fingerprint density at radius 3 is 2.46 bits per heavy atom. The maximum Gasteiger partial charge on any atom is 0.504 e. The molecule has 5 rings (SSSR count). The Bertz CT molecular complexity index is 1450. The van der Waals surface area contributed by atoms with Gasteiger partial charge in [0.25, 0.3) is 0 Å². The monoisotopic (exact) mass is 491 g/mol. The summed E-state index contributed by atoms with van der Waals surface area (Å²) >= 11 is 0. The maximum atomic E-state index is 15.2. The number of halogens is 5. The van der Waals surface area contributed by atoms with Gasteiger partial charge in [-0.25, -0.2) is 13.8 Å². The van der Waals surface area contributed by atoms with Crippen molar-refractivity contribution in [1.29, 1.82) is 0 Å². The van der Waals surface area contributed by atoms with Crippen molar-refractivity contribution < 1.29 is 36.6 Å². The van der Waals surface area contributed by atoms with Crippen LogP contribution in [-0.2, 0) is 15.9 Å². The molecule has 3 heterocycles. The molecule has 180 valence electrons. The van der Waals surface area contributed by atoms with Crippen molar-refractivity contribution in [2.75, 3.05) is 4.90 Å². The lowest BCUT2D eigenvalue weighted by Crippen LogP contribution is -2.56. The highest BCUT2D eigenvalue weighted by molar-refractivity contribution is 6.05. The van der Waals surface area contributed by atoms with Gasteiger partial charge in [-0.2, -0.15) is 9.78 Å². The predicted molar refractivity (Wildman–Crippen MR) is 111 cm³/mol. The van der Waals surface area contributed by atoms with Crippen LogP contribution >= 0.6 is 0 Å². The van der Waals surface area contributed by atoms with Crippen LogP contribution < -0.4 is 4.90 Å². The van der Waals surface area contributed by atoms with E-state index in [4.69, 9.17) is 0 Å². The van der Waals surface area contributed by atoms with Crippen LogP contribution in [0, 0.1) is 17.6 Å². The van der Waals surface area contributed by atoms with Crippen LogP contribution in [0.15, 0.2) is 49.1 Å². The lowest BCUT2D eigenvalue weighted by molar-refractivity contribution is -0.212. The van der Waals surface area contributed by atoms with Gasteiger partial charge >= 0.3 is 12.3 Å². The Labute approximate surface area is 192 Å². The molecule has 13 heteroatoms. The molecule has 1 saturated heterocycles. The van der Waals surface area contributed by atoms with Crippen molar-refractivity contribution >= 4 is 28.6 Å². The summed E-state index contributed by atoms with van der Waals surface area (Å²) < 4.78 is 68.7. The fourth-order valence-electron chi connectivity index (χ4n) is 4.27. The molecule has 35 heavy (non-hydrogen) atoms. The van der Waals surface area contributed by atoms with Crippen molar-refractivity contribution in [2.24, 2.45) is 5.92 Å². The van der Waals surface area contributed by atoms with E-state index in [1.807, 2.05) is 0 Å². The predicted octanol–water partition coefficient (Wildman–Crippen LogP) is 4.36. The number of hydrogen-bond donors (Lipinski definition) is 2. The summed E-state index contributed by atoms with van der Waals surface area (Å²) in [6.07, 6.45) is -2.65. The Morgan fingerprint density at radius 2 is 1.83 bits per heavy atom. The number of aromatic nitrogens is 4. The van der Waals surface area contributed by atoms with E-state index in [0.29, 0.717) is 17.2 Å². The fraction of sp³-hybridized carbons (Fsp3) is 0.182. The zero-order chi connectivity index (χ0) is 25.1. The van der Waals surface area contributed by atoms with Crippen LogP contribution in [0.1, 0.15) is 18.0 Å². The van der Waals surface area contributed by atoms with Crippen LogP contribution in [0.4, 0.5) is 27.6 Å². The number of H-pyrrole nitrogens is 1. The molecule has 4 aromatic rings. The number of nitrogens with zero attached hydrogens (tertiary/aromatic N) is 4. The largest absolute Gasteiger partial charge is 0.504 e. The quantitative estimate of drug-likeness (QED) is 0.319. The molecule has 2 N–H and O–H groups in total. The molecular weight excluding hydrogens is 477 g/mol. The van der Waals surface area contributed by atoms with Crippen LogP contribution in [0.3, 0.4) is 0 Å². The van der Waals surface area contributed by atoms with E-state index in [1.165, 1.54) is 18.5 Å². The molecule has 0 aliphatic carbocycles. The van der Waals surface area contributed by atoms with Gasteiger partial charge in [0.2, 0.25) is 5.91 Å². The van der Waals surface area contributed by atoms with Crippen molar-refractivity contribution in [1.82, 2.24) is 19.7 Å². The number of fused-ring (bicyclic) bond motifs is 1. The average Bonchev–Trinajstić information content (AvgIpc) is 3.45. The number of carboxylic acids is 1. The minimum absolute atomic E-state index is 0.181. The second kappa shape index (κ2) is 7.89. The van der Waals surface area contributed by atoms with E-state index >= 15 is 8.78 Å². The number of carboxylic acid groups (broad SMARTS) is 1. The molecule has 0 radical (unpaired) electrons. The number of hydrogen-bond acceptors (Lipinski definition) is 4. The first-order valence-corrected chi connectivity index (χ1v) is 10.1. The SMILES string of the molecule is O=C(O)CC1C(=O)N(c2ccc3[nH]cnc3c2)C1c1c(F)cc(-c2cnn(C(F)(F)F)c2)cc1F. The Morgan fingerprint density at radius 1 is 1.11 bits per heavy atom. The molecule has 1 aliphatic heterocycles. The number of benzene rings is 2. The number of imidazole rings is 1. The Balaban J connectivity index is 1.57. The average molecular weight is 491 g/mol. The van der Waals surface area contributed by atoms with E-state index in [-0.39, 0.29) is 21.5 Å². The lowest BCUT2D eigenvalue weighted by atomic mass is 9.79. The summed E-state index contributed by atoms with van der Waals surface area (Å²) in [6, 6.07) is 5.02. The van der Waals surface area contributed by atoms with Gasteiger partial charge in [0.1, 0.15) is 11.6 Å². The number of aromatic amines is 1. The zero-order valence-corrected chi connectivity index (χ0v) is 17.4. The number of carbonyl (C=O) groups excluding carboxylic acids is 1. The number of aliphatic carboxylic acids is 1. The van der Waals surface area contributed by atoms with Gasteiger partial charge in [0, 0.05) is 23.0 Å². The first-order valence-electron chi connectivity index (χ1n) is 10.1. The van der Waals surface area contributed by atoms with Gasteiger partial charge in [0.05, 0.1) is 41.9 Å². The molecular formula is C22H14F5N5O3. The molecule has 2 atom stereocenters. The van der Waals surface area contributed by atoms with Crippen LogP contribution in [0.5, 0.6) is 0 Å². The number of nitrogens with one attached hydrogen (secondary N) is 1. The molecule has 8 nitrogen and oxygen atoms in total. The normalized spacial score (nSPS) is 18.2. The maximum absolute atomic E-state index is 15.2. The Kier molecular flexibility index (Phi) is 5.07. The molecule has 0 bridgehead atoms. The van der Waals surface area contributed by atoms with Gasteiger partial charge in [-0.3, -0.25) is 9.59 Å². The van der Waals surface area contributed by atoms with E-state index in [1.54, 1.807) is 6.07 Å². The summed E-state index contributed by atoms with van der Waals surface area (Å²) in [6.45, 7) is 0. The molecule has 2 aromatic carbocycles. The number of β-lactam (4-membered cyclic amide) rings is 1. The second-order valence-electron chi connectivity index (χ2n) is 7.96. The van der Waals surface area contributed by atoms with Crippen molar-refractivity contribution in [3.63, 3.8) is 0 Å². The first-order chi connectivity index (χ1) is 16.5. The highest BCUT2D eigenvalue weighted by atomic mass is 19.4. The summed E-state index contributed by atoms with van der Waals surface area (Å²) in [5.41, 5.74) is 0.444.